The standard InChI is InChI=1S/C10H18/c1-7-4-5-8-6-9(7)10(8,2)3/h7-9H,4-6H2,1-3H3/t7-,8-,9+/m1/s1. The van der Waals surface area contributed by atoms with E-state index >= 15 is 0 Å². The molecule has 0 aliphatic heterocycles. The van der Waals surface area contributed by atoms with Gasteiger partial charge < -0.3 is 0 Å². The molecule has 0 saturated heterocycles. The third kappa shape index (κ3) is 0.627. The molecule has 0 aromatic rings. The predicted octanol–water partition coefficient (Wildman–Crippen LogP) is 3.08. The van der Waals surface area contributed by atoms with Crippen molar-refractivity contribution in [2.75, 3.05) is 0 Å². The Bertz CT molecular complexity index is 144. The zero-order chi connectivity index (χ0) is 7.35. The average molecular weight is 138 g/mol. The fourth-order valence-corrected chi connectivity index (χ4v) is 3.18. The Kier molecular flexibility index (Phi) is 1.19. The van der Waals surface area contributed by atoms with Crippen molar-refractivity contribution in [2.45, 2.75) is 40.0 Å². The Labute approximate surface area is 64.0 Å². The van der Waals surface area contributed by atoms with Crippen LogP contribution in [-0.4, -0.2) is 0 Å². The van der Waals surface area contributed by atoms with E-state index < -0.39 is 0 Å². The summed E-state index contributed by atoms with van der Waals surface area (Å²) in [5.74, 6) is 3.15. The monoisotopic (exact) mass is 138 g/mol. The lowest BCUT2D eigenvalue weighted by Crippen LogP contribution is -2.51. The van der Waals surface area contributed by atoms with E-state index in [2.05, 4.69) is 20.8 Å². The summed E-state index contributed by atoms with van der Waals surface area (Å²) in [6.07, 6.45) is 4.54. The molecule has 0 aromatic heterocycles. The van der Waals surface area contributed by atoms with E-state index in [0.717, 1.165) is 17.8 Å². The van der Waals surface area contributed by atoms with Gasteiger partial charge in [0.15, 0.2) is 0 Å². The molecular weight excluding hydrogens is 120 g/mol. The third-order valence-electron chi connectivity index (χ3n) is 4.20. The van der Waals surface area contributed by atoms with E-state index in [1.807, 2.05) is 0 Å². The molecule has 0 spiro atoms. The molecule has 3 saturated carbocycles. The Morgan fingerprint density at radius 1 is 1.20 bits per heavy atom. The minimum atomic E-state index is 0.706. The Hall–Kier alpha value is 0. The average Bonchev–Trinajstić information content (AvgIpc) is 1.87. The Balaban J connectivity index is 2.16. The van der Waals surface area contributed by atoms with Gasteiger partial charge in [-0.15, -0.1) is 0 Å². The number of hydrogen-bond donors (Lipinski definition) is 0. The maximum Gasteiger partial charge on any atom is -0.0295 e. The van der Waals surface area contributed by atoms with Gasteiger partial charge in [-0.05, 0) is 36.0 Å². The molecule has 0 aromatic carbocycles. The predicted molar refractivity (Wildman–Crippen MR) is 43.8 cm³/mol. The summed E-state index contributed by atoms with van der Waals surface area (Å²) in [7, 11) is 0. The van der Waals surface area contributed by atoms with Crippen molar-refractivity contribution in [3.8, 4) is 0 Å². The van der Waals surface area contributed by atoms with Gasteiger partial charge in [-0.3, -0.25) is 0 Å². The van der Waals surface area contributed by atoms with E-state index in [4.69, 9.17) is 0 Å². The highest BCUT2D eigenvalue weighted by Gasteiger charge is 2.52. The molecule has 3 fully saturated rings. The smallest absolute Gasteiger partial charge is 0.0295 e. The molecule has 10 heavy (non-hydrogen) atoms. The summed E-state index contributed by atoms with van der Waals surface area (Å²) in [6.45, 7) is 7.35. The summed E-state index contributed by atoms with van der Waals surface area (Å²) in [4.78, 5) is 0. The summed E-state index contributed by atoms with van der Waals surface area (Å²) >= 11 is 0. The molecule has 0 heteroatoms. The molecule has 58 valence electrons. The molecular formula is C10H18. The molecule has 0 N–H and O–H groups in total. The van der Waals surface area contributed by atoms with E-state index in [1.165, 1.54) is 19.3 Å². The largest absolute Gasteiger partial charge is 0.0622 e. The van der Waals surface area contributed by atoms with Crippen molar-refractivity contribution in [3.05, 3.63) is 0 Å². The van der Waals surface area contributed by atoms with Gasteiger partial charge in [-0.1, -0.05) is 27.2 Å². The molecule has 0 amide bonds. The second-order valence-electron chi connectivity index (χ2n) is 4.92. The van der Waals surface area contributed by atoms with Crippen molar-refractivity contribution in [2.24, 2.45) is 23.2 Å². The van der Waals surface area contributed by atoms with Crippen LogP contribution in [0.4, 0.5) is 0 Å². The topological polar surface area (TPSA) is 0 Å². The van der Waals surface area contributed by atoms with Gasteiger partial charge in [-0.25, -0.2) is 0 Å². The maximum atomic E-state index is 2.46. The second kappa shape index (κ2) is 1.78. The maximum absolute atomic E-state index is 2.46. The highest BCUT2D eigenvalue weighted by molar-refractivity contribution is 5.01. The van der Waals surface area contributed by atoms with Gasteiger partial charge >= 0.3 is 0 Å². The van der Waals surface area contributed by atoms with Gasteiger partial charge in [0.25, 0.3) is 0 Å². The summed E-state index contributed by atoms with van der Waals surface area (Å²) in [5, 5.41) is 0. The molecule has 3 rings (SSSR count). The Morgan fingerprint density at radius 2 is 1.90 bits per heavy atom. The van der Waals surface area contributed by atoms with Gasteiger partial charge in [0.1, 0.15) is 0 Å². The zero-order valence-electron chi connectivity index (χ0n) is 7.35. The first-order valence-electron chi connectivity index (χ1n) is 4.62. The van der Waals surface area contributed by atoms with Crippen LogP contribution in [0.1, 0.15) is 40.0 Å². The molecule has 3 atom stereocenters. The molecule has 0 heterocycles. The second-order valence-corrected chi connectivity index (χ2v) is 4.92. The highest BCUT2D eigenvalue weighted by atomic mass is 14.6. The first-order chi connectivity index (χ1) is 4.62. The van der Waals surface area contributed by atoms with Crippen LogP contribution in [0.15, 0.2) is 0 Å². The van der Waals surface area contributed by atoms with Crippen molar-refractivity contribution in [1.82, 2.24) is 0 Å². The van der Waals surface area contributed by atoms with Crippen LogP contribution in [0.25, 0.3) is 0 Å². The minimum Gasteiger partial charge on any atom is -0.0622 e. The van der Waals surface area contributed by atoms with Crippen molar-refractivity contribution < 1.29 is 0 Å². The van der Waals surface area contributed by atoms with Gasteiger partial charge in [-0.2, -0.15) is 0 Å². The van der Waals surface area contributed by atoms with E-state index in [0.29, 0.717) is 5.41 Å². The van der Waals surface area contributed by atoms with Crippen molar-refractivity contribution >= 4 is 0 Å². The number of rotatable bonds is 0. The first-order valence-corrected chi connectivity index (χ1v) is 4.62. The molecule has 2 bridgehead atoms. The fourth-order valence-electron chi connectivity index (χ4n) is 3.18. The fraction of sp³-hybridized carbons (Fsp3) is 1.00. The van der Waals surface area contributed by atoms with Gasteiger partial charge in [0.05, 0.1) is 0 Å². The van der Waals surface area contributed by atoms with Crippen LogP contribution >= 0.6 is 0 Å². The highest BCUT2D eigenvalue weighted by Crippen LogP contribution is 2.61. The third-order valence-corrected chi connectivity index (χ3v) is 4.20. The first kappa shape index (κ1) is 6.69. The van der Waals surface area contributed by atoms with Crippen molar-refractivity contribution in [3.63, 3.8) is 0 Å². The lowest BCUT2D eigenvalue weighted by Gasteiger charge is -2.59. The summed E-state index contributed by atoms with van der Waals surface area (Å²) in [6, 6.07) is 0. The summed E-state index contributed by atoms with van der Waals surface area (Å²) in [5.41, 5.74) is 0.706. The van der Waals surface area contributed by atoms with Crippen LogP contribution in [0.5, 0.6) is 0 Å². The van der Waals surface area contributed by atoms with E-state index in [9.17, 15) is 0 Å². The van der Waals surface area contributed by atoms with Gasteiger partial charge in [0, 0.05) is 0 Å². The van der Waals surface area contributed by atoms with E-state index in [-0.39, 0.29) is 0 Å². The lowest BCUT2D eigenvalue weighted by molar-refractivity contribution is -0.0988. The SMILES string of the molecule is C[C@@H]1CC[C@@H]2C[C@@H]1C2(C)C. The molecule has 0 radical (unpaired) electrons. The van der Waals surface area contributed by atoms with Crippen LogP contribution in [0.3, 0.4) is 0 Å². The van der Waals surface area contributed by atoms with Crippen LogP contribution in [0.2, 0.25) is 0 Å². The Morgan fingerprint density at radius 3 is 2.20 bits per heavy atom. The van der Waals surface area contributed by atoms with Gasteiger partial charge in [0.2, 0.25) is 0 Å². The van der Waals surface area contributed by atoms with E-state index in [1.54, 1.807) is 0 Å². The van der Waals surface area contributed by atoms with Crippen LogP contribution in [-0.2, 0) is 0 Å². The molecule has 0 unspecified atom stereocenters. The number of fused-ring (bicyclic) bond motifs is 2. The van der Waals surface area contributed by atoms with Crippen molar-refractivity contribution in [1.29, 1.82) is 0 Å². The zero-order valence-corrected chi connectivity index (χ0v) is 7.35. The number of hydrogen-bond acceptors (Lipinski definition) is 0. The molecule has 3 aliphatic carbocycles. The summed E-state index contributed by atoms with van der Waals surface area (Å²) < 4.78 is 0. The molecule has 0 nitrogen and oxygen atoms in total. The lowest BCUT2D eigenvalue weighted by atomic mass is 9.46. The van der Waals surface area contributed by atoms with Crippen LogP contribution < -0.4 is 0 Å². The quantitative estimate of drug-likeness (QED) is 0.482. The molecule has 3 aliphatic rings. The normalized spacial score (nSPS) is 50.1. The van der Waals surface area contributed by atoms with Crippen LogP contribution in [0, 0.1) is 23.2 Å². The minimum absolute atomic E-state index is 0.706.